The van der Waals surface area contributed by atoms with Gasteiger partial charge in [-0.2, -0.15) is 13.1 Å². The molecule has 15 heavy (non-hydrogen) atoms. The normalized spacial score (nSPS) is 11.6. The second kappa shape index (κ2) is 7.49. The molecule has 0 saturated heterocycles. The van der Waals surface area contributed by atoms with E-state index in [1.807, 2.05) is 0 Å². The Bertz CT molecular complexity index is 315. The van der Waals surface area contributed by atoms with E-state index < -0.39 is 16.3 Å². The summed E-state index contributed by atoms with van der Waals surface area (Å²) in [7, 11) is -3.85. The van der Waals surface area contributed by atoms with Crippen LogP contribution < -0.4 is 9.44 Å². The Kier molecular flexibility index (Phi) is 7.10. The van der Waals surface area contributed by atoms with Gasteiger partial charge in [0, 0.05) is 12.4 Å². The molecule has 0 unspecified atom stereocenters. The Morgan fingerprint density at radius 3 is 2.67 bits per heavy atom. The quantitative estimate of drug-likeness (QED) is 0.531. The lowest BCUT2D eigenvalue weighted by molar-refractivity contribution is 0.158. The number of rotatable bonds is 6. The molecule has 0 aromatic rings. The molecule has 2 N–H and O–H groups in total. The number of allylic oxidation sites excluding steroid dienone is 1. The number of alkyl halides is 1. The molecule has 0 bridgehead atoms. The third-order valence-corrected chi connectivity index (χ3v) is 2.30. The minimum Gasteiger partial charge on any atom is -0.449 e. The highest BCUT2D eigenvalue weighted by Crippen LogP contribution is 1.83. The number of carbonyl (C=O) groups is 1. The summed E-state index contributed by atoms with van der Waals surface area (Å²) in [5.74, 6) is 0.299. The number of halogens is 1. The summed E-state index contributed by atoms with van der Waals surface area (Å²) in [4.78, 5) is 10.8. The van der Waals surface area contributed by atoms with Crippen LogP contribution in [0.4, 0.5) is 4.79 Å². The summed E-state index contributed by atoms with van der Waals surface area (Å²) < 4.78 is 30.3. The van der Waals surface area contributed by atoms with Gasteiger partial charge < -0.3 is 4.74 Å². The maximum atomic E-state index is 11.1. The van der Waals surface area contributed by atoms with Crippen molar-refractivity contribution in [1.82, 2.24) is 9.44 Å². The minimum atomic E-state index is -3.85. The van der Waals surface area contributed by atoms with Crippen molar-refractivity contribution >= 4 is 27.9 Å². The molecule has 0 aliphatic heterocycles. The summed E-state index contributed by atoms with van der Waals surface area (Å²) in [6.45, 7) is 1.73. The maximum absolute atomic E-state index is 11.1. The van der Waals surface area contributed by atoms with Crippen molar-refractivity contribution in [2.75, 3.05) is 19.0 Å². The number of amides is 1. The Hall–Kier alpha value is -0.790. The van der Waals surface area contributed by atoms with Crippen LogP contribution >= 0.6 is 11.6 Å². The van der Waals surface area contributed by atoms with E-state index in [1.54, 1.807) is 17.7 Å². The largest absolute Gasteiger partial charge is 0.449 e. The molecule has 0 aromatic carbocycles. The molecule has 0 fully saturated rings. The molecular formula is C7H13ClN2O4S. The van der Waals surface area contributed by atoms with Crippen LogP contribution in [0, 0.1) is 0 Å². The molecule has 0 heterocycles. The van der Waals surface area contributed by atoms with Crippen LogP contribution in [0.2, 0.25) is 0 Å². The highest BCUT2D eigenvalue weighted by atomic mass is 35.5. The molecule has 0 rings (SSSR count). The van der Waals surface area contributed by atoms with Crippen LogP contribution in [0.1, 0.15) is 6.92 Å². The van der Waals surface area contributed by atoms with Crippen LogP contribution in [0.5, 0.6) is 0 Å². The van der Waals surface area contributed by atoms with Crippen LogP contribution in [0.25, 0.3) is 0 Å². The summed E-state index contributed by atoms with van der Waals surface area (Å²) in [5.41, 5.74) is 0. The fraction of sp³-hybridized carbons (Fsp3) is 0.571. The highest BCUT2D eigenvalue weighted by molar-refractivity contribution is 7.88. The van der Waals surface area contributed by atoms with E-state index >= 15 is 0 Å². The predicted molar refractivity (Wildman–Crippen MR) is 56.9 cm³/mol. The minimum absolute atomic E-state index is 0.0570. The summed E-state index contributed by atoms with van der Waals surface area (Å²) >= 11 is 5.32. The average molecular weight is 257 g/mol. The van der Waals surface area contributed by atoms with Crippen molar-refractivity contribution in [3.8, 4) is 0 Å². The van der Waals surface area contributed by atoms with E-state index in [0.717, 1.165) is 0 Å². The van der Waals surface area contributed by atoms with Gasteiger partial charge >= 0.3 is 16.3 Å². The molecule has 0 saturated carbocycles. The van der Waals surface area contributed by atoms with Gasteiger partial charge in [-0.1, -0.05) is 12.2 Å². The number of hydrogen-bond acceptors (Lipinski definition) is 4. The lowest BCUT2D eigenvalue weighted by atomic mass is 10.5. The zero-order chi connectivity index (χ0) is 11.7. The van der Waals surface area contributed by atoms with E-state index in [2.05, 4.69) is 9.46 Å². The second-order valence-electron chi connectivity index (χ2n) is 2.30. The Morgan fingerprint density at radius 2 is 2.13 bits per heavy atom. The van der Waals surface area contributed by atoms with Crippen LogP contribution in [0.15, 0.2) is 12.2 Å². The van der Waals surface area contributed by atoms with Gasteiger partial charge in [0.05, 0.1) is 6.61 Å². The van der Waals surface area contributed by atoms with E-state index in [9.17, 15) is 13.2 Å². The lowest BCUT2D eigenvalue weighted by Gasteiger charge is -2.05. The second-order valence-corrected chi connectivity index (χ2v) is 4.11. The predicted octanol–water partition coefficient (Wildman–Crippen LogP) is 0.362. The van der Waals surface area contributed by atoms with Gasteiger partial charge in [0.15, 0.2) is 0 Å². The highest BCUT2D eigenvalue weighted by Gasteiger charge is 2.12. The maximum Gasteiger partial charge on any atom is 0.421 e. The first-order chi connectivity index (χ1) is 7.02. The van der Waals surface area contributed by atoms with E-state index in [4.69, 9.17) is 11.6 Å². The molecular weight excluding hydrogens is 244 g/mol. The molecule has 0 aromatic heterocycles. The fourth-order valence-electron chi connectivity index (χ4n) is 0.610. The number of hydrogen-bond donors (Lipinski definition) is 2. The standard InChI is InChI=1S/C7H13ClN2O4S/c1-2-14-7(11)10-15(12,13)9-6-4-3-5-8/h3-4,9H,2,5-6H2,1H3,(H,10,11)/b4-3+. The van der Waals surface area contributed by atoms with Crippen molar-refractivity contribution in [3.05, 3.63) is 12.2 Å². The Morgan fingerprint density at radius 1 is 1.47 bits per heavy atom. The molecule has 0 aliphatic carbocycles. The van der Waals surface area contributed by atoms with Gasteiger partial charge in [0.25, 0.3) is 0 Å². The van der Waals surface area contributed by atoms with Gasteiger partial charge in [-0.15, -0.1) is 11.6 Å². The van der Waals surface area contributed by atoms with Gasteiger partial charge in [-0.3, -0.25) is 0 Å². The molecule has 0 aliphatic rings. The van der Waals surface area contributed by atoms with Crippen molar-refractivity contribution in [1.29, 1.82) is 0 Å². The molecule has 88 valence electrons. The van der Waals surface area contributed by atoms with E-state index in [1.165, 1.54) is 6.08 Å². The molecule has 6 nitrogen and oxygen atoms in total. The summed E-state index contributed by atoms with van der Waals surface area (Å²) in [5, 5.41) is 0. The molecule has 0 spiro atoms. The van der Waals surface area contributed by atoms with Crippen molar-refractivity contribution in [2.45, 2.75) is 6.92 Å². The summed E-state index contributed by atoms with van der Waals surface area (Å²) in [6, 6.07) is 0. The van der Waals surface area contributed by atoms with Crippen molar-refractivity contribution < 1.29 is 17.9 Å². The molecule has 0 radical (unpaired) electrons. The fourth-order valence-corrected chi connectivity index (χ4v) is 1.40. The lowest BCUT2D eigenvalue weighted by Crippen LogP contribution is -2.40. The van der Waals surface area contributed by atoms with E-state index in [0.29, 0.717) is 5.88 Å². The smallest absolute Gasteiger partial charge is 0.421 e. The zero-order valence-electron chi connectivity index (χ0n) is 8.20. The SMILES string of the molecule is CCOC(=O)NS(=O)(=O)NC/C=C/CCl. The number of nitrogens with one attached hydrogen (secondary N) is 2. The van der Waals surface area contributed by atoms with Gasteiger partial charge in [-0.25, -0.2) is 9.52 Å². The van der Waals surface area contributed by atoms with Crippen LogP contribution in [0.3, 0.4) is 0 Å². The third kappa shape index (κ3) is 8.22. The van der Waals surface area contributed by atoms with Crippen molar-refractivity contribution in [2.24, 2.45) is 0 Å². The van der Waals surface area contributed by atoms with Gasteiger partial charge in [0.2, 0.25) is 0 Å². The summed E-state index contributed by atoms with van der Waals surface area (Å²) in [6.07, 6.45) is 2.09. The van der Waals surface area contributed by atoms with Gasteiger partial charge in [-0.05, 0) is 6.92 Å². The topological polar surface area (TPSA) is 84.5 Å². The van der Waals surface area contributed by atoms with Gasteiger partial charge in [0.1, 0.15) is 0 Å². The molecule has 8 heteroatoms. The number of ether oxygens (including phenoxy) is 1. The van der Waals surface area contributed by atoms with Crippen molar-refractivity contribution in [3.63, 3.8) is 0 Å². The third-order valence-electron chi connectivity index (χ3n) is 1.14. The van der Waals surface area contributed by atoms with E-state index in [-0.39, 0.29) is 13.2 Å². The first-order valence-electron chi connectivity index (χ1n) is 4.17. The average Bonchev–Trinajstić information content (AvgIpc) is 2.12. The first kappa shape index (κ1) is 14.2. The Labute approximate surface area is 93.8 Å². The first-order valence-corrected chi connectivity index (χ1v) is 6.18. The van der Waals surface area contributed by atoms with Crippen LogP contribution in [-0.2, 0) is 14.9 Å². The monoisotopic (exact) mass is 256 g/mol. The zero-order valence-corrected chi connectivity index (χ0v) is 9.77. The van der Waals surface area contributed by atoms with Crippen LogP contribution in [-0.4, -0.2) is 33.5 Å². The number of carbonyl (C=O) groups excluding carboxylic acids is 1. The Balaban J connectivity index is 3.97. The molecule has 1 amide bonds. The molecule has 0 atom stereocenters.